The quantitative estimate of drug-likeness (QED) is 0.655. The molecule has 26 heavy (non-hydrogen) atoms. The lowest BCUT2D eigenvalue weighted by atomic mass is 9.98. The van der Waals surface area contributed by atoms with Crippen molar-refractivity contribution in [1.29, 1.82) is 0 Å². The topological polar surface area (TPSA) is 16.1 Å². The van der Waals surface area contributed by atoms with Crippen LogP contribution in [0.25, 0.3) is 16.8 Å². The summed E-state index contributed by atoms with van der Waals surface area (Å²) in [7, 11) is 4.07. The summed E-state index contributed by atoms with van der Waals surface area (Å²) in [5.74, 6) is -0.234. The molecule has 1 aliphatic rings. The van der Waals surface area contributed by atoms with E-state index in [1.165, 1.54) is 17.2 Å². The molecule has 0 amide bonds. The molecule has 0 saturated heterocycles. The fraction of sp³-hybridized carbons (Fsp3) is 0.227. The molecule has 1 aromatic heterocycles. The van der Waals surface area contributed by atoms with Crippen LogP contribution in [-0.2, 0) is 0 Å². The second-order valence-corrected chi connectivity index (χ2v) is 7.41. The van der Waals surface area contributed by atoms with Crippen LogP contribution < -0.4 is 0 Å². The Kier molecular flexibility index (Phi) is 5.84. The third-order valence-corrected chi connectivity index (χ3v) is 5.16. The largest absolute Gasteiger partial charge is 0.383 e. The standard InChI is InChI=1S/C22H23FN2S/c1-16(18-10-6-4-5-9-17(13-18)14-25(2)3)22-24-21(15-26-22)19-11-7-8-12-20(19)23/h5-12,14-15H,4,13H2,1-3H3/b9-5-,10-6-,17-14-,18-16+. The van der Waals surface area contributed by atoms with E-state index in [0.29, 0.717) is 11.3 Å². The molecule has 0 N–H and O–H groups in total. The number of rotatable bonds is 3. The van der Waals surface area contributed by atoms with Gasteiger partial charge >= 0.3 is 0 Å². The van der Waals surface area contributed by atoms with Crippen LogP contribution in [0.15, 0.2) is 71.3 Å². The van der Waals surface area contributed by atoms with Crippen molar-refractivity contribution in [2.75, 3.05) is 14.1 Å². The van der Waals surface area contributed by atoms with Crippen molar-refractivity contribution >= 4 is 16.9 Å². The van der Waals surface area contributed by atoms with Gasteiger partial charge in [0.15, 0.2) is 0 Å². The summed E-state index contributed by atoms with van der Waals surface area (Å²) in [5.41, 5.74) is 4.91. The smallest absolute Gasteiger partial charge is 0.132 e. The van der Waals surface area contributed by atoms with Gasteiger partial charge in [-0.3, -0.25) is 0 Å². The normalized spacial score (nSPS) is 20.4. The monoisotopic (exact) mass is 366 g/mol. The van der Waals surface area contributed by atoms with Gasteiger partial charge in [0.2, 0.25) is 0 Å². The number of allylic oxidation sites excluding steroid dienone is 7. The average Bonchev–Trinajstić information content (AvgIpc) is 3.06. The molecule has 0 radical (unpaired) electrons. The molecule has 0 atom stereocenters. The van der Waals surface area contributed by atoms with Crippen molar-refractivity contribution in [3.63, 3.8) is 0 Å². The van der Waals surface area contributed by atoms with Crippen LogP contribution in [0.5, 0.6) is 0 Å². The number of hydrogen-bond acceptors (Lipinski definition) is 3. The Morgan fingerprint density at radius 3 is 2.73 bits per heavy atom. The van der Waals surface area contributed by atoms with Crippen molar-refractivity contribution < 1.29 is 4.39 Å². The average molecular weight is 367 g/mol. The van der Waals surface area contributed by atoms with Crippen molar-refractivity contribution in [2.45, 2.75) is 19.8 Å². The highest BCUT2D eigenvalue weighted by Gasteiger charge is 2.12. The van der Waals surface area contributed by atoms with Crippen LogP contribution >= 0.6 is 11.3 Å². The summed E-state index contributed by atoms with van der Waals surface area (Å²) in [6.07, 6.45) is 12.6. The molecule has 0 aliphatic heterocycles. The molecule has 0 fully saturated rings. The number of hydrogen-bond donors (Lipinski definition) is 0. The van der Waals surface area contributed by atoms with E-state index in [4.69, 9.17) is 4.98 Å². The van der Waals surface area contributed by atoms with Gasteiger partial charge in [-0.15, -0.1) is 11.3 Å². The zero-order valence-electron chi connectivity index (χ0n) is 15.4. The fourth-order valence-corrected chi connectivity index (χ4v) is 3.76. The maximum absolute atomic E-state index is 14.0. The molecule has 2 aromatic rings. The summed E-state index contributed by atoms with van der Waals surface area (Å²) in [5, 5.41) is 2.87. The van der Waals surface area contributed by atoms with Gasteiger partial charge in [-0.05, 0) is 48.6 Å². The highest BCUT2D eigenvalue weighted by atomic mass is 32.1. The summed E-state index contributed by atoms with van der Waals surface area (Å²) >= 11 is 1.56. The lowest BCUT2D eigenvalue weighted by molar-refractivity contribution is 0.558. The maximum Gasteiger partial charge on any atom is 0.132 e. The zero-order chi connectivity index (χ0) is 18.5. The predicted octanol–water partition coefficient (Wildman–Crippen LogP) is 6.07. The van der Waals surface area contributed by atoms with Gasteiger partial charge in [0.05, 0.1) is 5.69 Å². The third-order valence-electron chi connectivity index (χ3n) is 4.20. The van der Waals surface area contributed by atoms with E-state index in [0.717, 1.165) is 23.4 Å². The van der Waals surface area contributed by atoms with Gasteiger partial charge in [0.1, 0.15) is 10.8 Å². The SMILES string of the molecule is C/C(=C1/C=C\C/C=C\C(=C\N(C)C)C1)c1nc(-c2ccccc2F)cs1. The second-order valence-electron chi connectivity index (χ2n) is 6.55. The first-order valence-electron chi connectivity index (χ1n) is 8.65. The minimum absolute atomic E-state index is 0.234. The molecule has 3 rings (SSSR count). The lowest BCUT2D eigenvalue weighted by Crippen LogP contribution is -2.03. The van der Waals surface area contributed by atoms with E-state index in [9.17, 15) is 4.39 Å². The molecule has 2 nitrogen and oxygen atoms in total. The molecule has 0 bridgehead atoms. The highest BCUT2D eigenvalue weighted by Crippen LogP contribution is 2.31. The third kappa shape index (κ3) is 4.38. The first kappa shape index (κ1) is 18.3. The van der Waals surface area contributed by atoms with Gasteiger partial charge in [-0.1, -0.05) is 36.4 Å². The molecular formula is C22H23FN2S. The number of halogens is 1. The number of thiazole rings is 1. The Labute approximate surface area is 158 Å². The van der Waals surface area contributed by atoms with Gasteiger partial charge in [-0.25, -0.2) is 9.37 Å². The highest BCUT2D eigenvalue weighted by molar-refractivity contribution is 7.11. The summed E-state index contributed by atoms with van der Waals surface area (Å²) in [6, 6.07) is 6.78. The Balaban J connectivity index is 1.95. The van der Waals surface area contributed by atoms with E-state index >= 15 is 0 Å². The van der Waals surface area contributed by atoms with Gasteiger partial charge in [0, 0.05) is 31.2 Å². The molecule has 0 spiro atoms. The molecule has 1 heterocycles. The van der Waals surface area contributed by atoms with Crippen molar-refractivity contribution in [3.8, 4) is 11.3 Å². The summed E-state index contributed by atoms with van der Waals surface area (Å²) in [6.45, 7) is 2.10. The number of benzene rings is 1. The number of nitrogens with zero attached hydrogens (tertiary/aromatic N) is 2. The van der Waals surface area contributed by atoms with Gasteiger partial charge in [-0.2, -0.15) is 0 Å². The molecule has 4 heteroatoms. The van der Waals surface area contributed by atoms with E-state index in [1.807, 2.05) is 25.5 Å². The Hall–Kier alpha value is -2.46. The number of aromatic nitrogens is 1. The Bertz CT molecular complexity index is 900. The van der Waals surface area contributed by atoms with Gasteiger partial charge in [0.25, 0.3) is 0 Å². The minimum Gasteiger partial charge on any atom is -0.383 e. The fourth-order valence-electron chi connectivity index (χ4n) is 2.90. The first-order chi connectivity index (χ1) is 12.5. The summed E-state index contributed by atoms with van der Waals surface area (Å²) in [4.78, 5) is 6.76. The Morgan fingerprint density at radius 2 is 1.96 bits per heavy atom. The summed E-state index contributed by atoms with van der Waals surface area (Å²) < 4.78 is 14.0. The molecule has 134 valence electrons. The van der Waals surface area contributed by atoms with Crippen LogP contribution in [0.2, 0.25) is 0 Å². The van der Waals surface area contributed by atoms with Crippen LogP contribution in [0.1, 0.15) is 24.8 Å². The second kappa shape index (κ2) is 8.28. The van der Waals surface area contributed by atoms with Crippen molar-refractivity contribution in [2.24, 2.45) is 0 Å². The van der Waals surface area contributed by atoms with Crippen LogP contribution in [0, 0.1) is 5.82 Å². The first-order valence-corrected chi connectivity index (χ1v) is 9.53. The van der Waals surface area contributed by atoms with Crippen LogP contribution in [0.3, 0.4) is 0 Å². The predicted molar refractivity (Wildman–Crippen MR) is 109 cm³/mol. The van der Waals surface area contributed by atoms with E-state index < -0.39 is 0 Å². The molecular weight excluding hydrogens is 343 g/mol. The van der Waals surface area contributed by atoms with Crippen LogP contribution in [-0.4, -0.2) is 24.0 Å². The lowest BCUT2D eigenvalue weighted by Gasteiger charge is -2.13. The van der Waals surface area contributed by atoms with Crippen molar-refractivity contribution in [3.05, 3.63) is 82.1 Å². The van der Waals surface area contributed by atoms with Gasteiger partial charge < -0.3 is 4.90 Å². The molecule has 0 unspecified atom stereocenters. The van der Waals surface area contributed by atoms with E-state index in [2.05, 4.69) is 42.3 Å². The molecule has 1 aromatic carbocycles. The molecule has 1 aliphatic carbocycles. The maximum atomic E-state index is 14.0. The zero-order valence-corrected chi connectivity index (χ0v) is 16.2. The minimum atomic E-state index is -0.234. The van der Waals surface area contributed by atoms with Crippen LogP contribution in [0.4, 0.5) is 4.39 Å². The Morgan fingerprint density at radius 1 is 1.19 bits per heavy atom. The van der Waals surface area contributed by atoms with E-state index in [1.54, 1.807) is 23.5 Å². The van der Waals surface area contributed by atoms with Crippen molar-refractivity contribution in [1.82, 2.24) is 9.88 Å². The molecule has 0 saturated carbocycles. The van der Waals surface area contributed by atoms with E-state index in [-0.39, 0.29) is 5.82 Å².